The lowest BCUT2D eigenvalue weighted by Crippen LogP contribution is -2.40. The van der Waals surface area contributed by atoms with Crippen LogP contribution in [0.5, 0.6) is 0 Å². The number of rotatable bonds is 3. The molecule has 2 rings (SSSR count). The summed E-state index contributed by atoms with van der Waals surface area (Å²) in [6.45, 7) is 6.87. The molecular weight excluding hydrogens is 302 g/mol. The maximum absolute atomic E-state index is 6.34. The Morgan fingerprint density at radius 3 is 2.74 bits per heavy atom. The quantitative estimate of drug-likeness (QED) is 0.924. The highest BCUT2D eigenvalue weighted by Gasteiger charge is 2.34. The molecule has 1 saturated carbocycles. The number of aromatic nitrogens is 2. The van der Waals surface area contributed by atoms with Crippen LogP contribution in [0.3, 0.4) is 0 Å². The van der Waals surface area contributed by atoms with E-state index in [1.54, 1.807) is 0 Å². The van der Waals surface area contributed by atoms with Crippen molar-refractivity contribution in [1.82, 2.24) is 9.78 Å². The smallest absolute Gasteiger partial charge is 0.0766 e. The molecule has 3 nitrogen and oxygen atoms in total. The van der Waals surface area contributed by atoms with Crippen molar-refractivity contribution in [2.45, 2.75) is 58.9 Å². The molecule has 0 saturated heterocycles. The first-order chi connectivity index (χ1) is 8.84. The third-order valence-electron chi connectivity index (χ3n) is 4.53. The zero-order valence-corrected chi connectivity index (χ0v) is 14.1. The van der Waals surface area contributed by atoms with Crippen LogP contribution in [-0.2, 0) is 19.9 Å². The van der Waals surface area contributed by atoms with Crippen molar-refractivity contribution < 1.29 is 0 Å². The first-order valence-corrected chi connectivity index (χ1v) is 8.09. The van der Waals surface area contributed by atoms with E-state index < -0.39 is 0 Å². The van der Waals surface area contributed by atoms with Gasteiger partial charge >= 0.3 is 0 Å². The van der Waals surface area contributed by atoms with Gasteiger partial charge in [0.05, 0.1) is 15.9 Å². The number of nitrogens with zero attached hydrogens (tertiary/aromatic N) is 2. The van der Waals surface area contributed by atoms with Crippen molar-refractivity contribution >= 4 is 15.9 Å². The van der Waals surface area contributed by atoms with Gasteiger partial charge in [-0.05, 0) is 59.4 Å². The Labute approximate surface area is 125 Å². The van der Waals surface area contributed by atoms with Gasteiger partial charge in [0.25, 0.3) is 0 Å². The monoisotopic (exact) mass is 327 g/mol. The Bertz CT molecular complexity index is 450. The van der Waals surface area contributed by atoms with Gasteiger partial charge in [-0.2, -0.15) is 5.10 Å². The van der Waals surface area contributed by atoms with Gasteiger partial charge in [0.2, 0.25) is 0 Å². The van der Waals surface area contributed by atoms with Gasteiger partial charge in [-0.3, -0.25) is 4.68 Å². The molecule has 0 aromatic carbocycles. The van der Waals surface area contributed by atoms with Crippen LogP contribution >= 0.6 is 15.9 Å². The number of nitrogens with two attached hydrogens (primary N) is 1. The van der Waals surface area contributed by atoms with Gasteiger partial charge < -0.3 is 5.73 Å². The third-order valence-corrected chi connectivity index (χ3v) is 5.45. The Balaban J connectivity index is 2.18. The summed E-state index contributed by atoms with van der Waals surface area (Å²) in [7, 11) is 2.04. The minimum absolute atomic E-state index is 0.333. The lowest BCUT2D eigenvalue weighted by Gasteiger charge is -2.39. The second kappa shape index (κ2) is 5.57. The number of halogens is 1. The molecule has 1 heterocycles. The van der Waals surface area contributed by atoms with Crippen molar-refractivity contribution in [1.29, 1.82) is 0 Å². The summed E-state index contributed by atoms with van der Waals surface area (Å²) in [5.74, 6) is 0.570. The molecule has 0 amide bonds. The summed E-state index contributed by atoms with van der Waals surface area (Å²) < 4.78 is 3.21. The zero-order chi connectivity index (χ0) is 14.2. The molecule has 19 heavy (non-hydrogen) atoms. The van der Waals surface area contributed by atoms with E-state index >= 15 is 0 Å². The zero-order valence-electron chi connectivity index (χ0n) is 12.5. The average molecular weight is 328 g/mol. The van der Waals surface area contributed by atoms with Crippen LogP contribution < -0.4 is 5.73 Å². The van der Waals surface area contributed by atoms with E-state index in [0.717, 1.165) is 25.0 Å². The van der Waals surface area contributed by atoms with Gasteiger partial charge in [0, 0.05) is 13.1 Å². The van der Waals surface area contributed by atoms with E-state index in [-0.39, 0.29) is 0 Å². The topological polar surface area (TPSA) is 43.8 Å². The van der Waals surface area contributed by atoms with Gasteiger partial charge in [-0.15, -0.1) is 0 Å². The predicted molar refractivity (Wildman–Crippen MR) is 83.1 cm³/mol. The molecule has 0 spiro atoms. The van der Waals surface area contributed by atoms with Crippen LogP contribution in [0.1, 0.15) is 51.4 Å². The maximum Gasteiger partial charge on any atom is 0.0766 e. The second-order valence-electron chi connectivity index (χ2n) is 6.72. The van der Waals surface area contributed by atoms with Gasteiger partial charge in [0.1, 0.15) is 0 Å². The first kappa shape index (κ1) is 15.0. The molecule has 1 aliphatic carbocycles. The predicted octanol–water partition coefficient (Wildman–Crippen LogP) is 3.44. The van der Waals surface area contributed by atoms with E-state index in [1.807, 2.05) is 11.7 Å². The molecule has 0 radical (unpaired) electrons. The molecule has 0 bridgehead atoms. The van der Waals surface area contributed by atoms with Crippen molar-refractivity contribution in [3.63, 3.8) is 0 Å². The minimum Gasteiger partial charge on any atom is -0.327 e. The largest absolute Gasteiger partial charge is 0.327 e. The maximum atomic E-state index is 6.34. The molecule has 1 fully saturated rings. The number of hydrogen-bond donors (Lipinski definition) is 1. The summed E-state index contributed by atoms with van der Waals surface area (Å²) in [5, 5.41) is 4.58. The standard InChI is InChI=1S/C15H26BrN3/c1-5-12-14(16)13(19(4)18-12)8-10-9-15(2,3)7-6-11(10)17/h10-11H,5-9,17H2,1-4H3. The minimum atomic E-state index is 0.333. The fourth-order valence-corrected chi connectivity index (χ4v) is 4.05. The lowest BCUT2D eigenvalue weighted by molar-refractivity contribution is 0.155. The summed E-state index contributed by atoms with van der Waals surface area (Å²) >= 11 is 3.71. The van der Waals surface area contributed by atoms with Gasteiger partial charge in [0.15, 0.2) is 0 Å². The highest BCUT2D eigenvalue weighted by Crippen LogP contribution is 2.40. The van der Waals surface area contributed by atoms with Crippen LogP contribution in [0, 0.1) is 11.3 Å². The summed E-state index contributed by atoms with van der Waals surface area (Å²) in [4.78, 5) is 0. The molecule has 108 valence electrons. The molecule has 1 aromatic rings. The fourth-order valence-electron chi connectivity index (χ4n) is 3.27. The second-order valence-corrected chi connectivity index (χ2v) is 7.51. The molecule has 2 N–H and O–H groups in total. The van der Waals surface area contributed by atoms with Crippen molar-refractivity contribution in [2.24, 2.45) is 24.1 Å². The highest BCUT2D eigenvalue weighted by atomic mass is 79.9. The van der Waals surface area contributed by atoms with Crippen LogP contribution in [-0.4, -0.2) is 15.8 Å². The van der Waals surface area contributed by atoms with Crippen molar-refractivity contribution in [2.75, 3.05) is 0 Å². The lowest BCUT2D eigenvalue weighted by atomic mass is 9.69. The van der Waals surface area contributed by atoms with Crippen LogP contribution in [0.25, 0.3) is 0 Å². The van der Waals surface area contributed by atoms with Crippen LogP contribution in [0.15, 0.2) is 4.47 Å². The molecule has 1 aliphatic rings. The molecular formula is C15H26BrN3. The number of aryl methyl sites for hydroxylation is 2. The summed E-state index contributed by atoms with van der Waals surface area (Å²) in [6.07, 6.45) is 5.61. The van der Waals surface area contributed by atoms with Crippen LogP contribution in [0.2, 0.25) is 0 Å². The molecule has 2 unspecified atom stereocenters. The van der Waals surface area contributed by atoms with E-state index in [9.17, 15) is 0 Å². The normalized spacial score (nSPS) is 26.6. The first-order valence-electron chi connectivity index (χ1n) is 7.30. The number of hydrogen-bond acceptors (Lipinski definition) is 2. The van der Waals surface area contributed by atoms with Gasteiger partial charge in [-0.1, -0.05) is 20.8 Å². The SMILES string of the molecule is CCc1nn(C)c(CC2CC(C)(C)CCC2N)c1Br. The van der Waals surface area contributed by atoms with E-state index in [4.69, 9.17) is 5.73 Å². The van der Waals surface area contributed by atoms with Crippen molar-refractivity contribution in [3.8, 4) is 0 Å². The Kier molecular flexibility index (Phi) is 4.41. The third kappa shape index (κ3) is 3.22. The van der Waals surface area contributed by atoms with E-state index in [1.165, 1.54) is 23.0 Å². The summed E-state index contributed by atoms with van der Waals surface area (Å²) in [6, 6.07) is 0.333. The molecule has 1 aromatic heterocycles. The van der Waals surface area contributed by atoms with Crippen molar-refractivity contribution in [3.05, 3.63) is 15.9 Å². The Hall–Kier alpha value is -0.350. The fraction of sp³-hybridized carbons (Fsp3) is 0.800. The van der Waals surface area contributed by atoms with Crippen LogP contribution in [0.4, 0.5) is 0 Å². The Morgan fingerprint density at radius 1 is 1.47 bits per heavy atom. The van der Waals surface area contributed by atoms with Gasteiger partial charge in [-0.25, -0.2) is 0 Å². The molecule has 2 atom stereocenters. The Morgan fingerprint density at radius 2 is 2.16 bits per heavy atom. The average Bonchev–Trinajstić information content (AvgIpc) is 2.61. The highest BCUT2D eigenvalue weighted by molar-refractivity contribution is 9.10. The molecule has 4 heteroatoms. The van der Waals surface area contributed by atoms with E-state index in [2.05, 4.69) is 41.8 Å². The molecule has 0 aliphatic heterocycles. The van der Waals surface area contributed by atoms with E-state index in [0.29, 0.717) is 17.4 Å². The summed E-state index contributed by atoms with van der Waals surface area (Å²) in [5.41, 5.74) is 9.23.